The summed E-state index contributed by atoms with van der Waals surface area (Å²) in [6.07, 6.45) is 5.71. The smallest absolute Gasteiger partial charge is 0.252 e. The molecular formula is C20H24N2O2S. The van der Waals surface area contributed by atoms with Gasteiger partial charge in [-0.25, -0.2) is 0 Å². The van der Waals surface area contributed by atoms with Crippen LogP contribution in [0.5, 0.6) is 0 Å². The Hall–Kier alpha value is -1.88. The van der Waals surface area contributed by atoms with Crippen molar-refractivity contribution in [3.63, 3.8) is 0 Å². The summed E-state index contributed by atoms with van der Waals surface area (Å²) in [6.45, 7) is 3.64. The van der Waals surface area contributed by atoms with E-state index in [0.717, 1.165) is 66.9 Å². The number of rotatable bonds is 2. The summed E-state index contributed by atoms with van der Waals surface area (Å²) in [5.74, 6) is 0.0944. The maximum absolute atomic E-state index is 13.3. The maximum Gasteiger partial charge on any atom is 0.252 e. The second kappa shape index (κ2) is 6.79. The van der Waals surface area contributed by atoms with Crippen molar-refractivity contribution in [2.75, 3.05) is 13.1 Å². The molecule has 0 unspecified atom stereocenters. The molecule has 0 spiro atoms. The lowest BCUT2D eigenvalue weighted by Gasteiger charge is -2.37. The summed E-state index contributed by atoms with van der Waals surface area (Å²) in [6, 6.07) is 2.06. The number of piperidine rings is 1. The van der Waals surface area contributed by atoms with Gasteiger partial charge < -0.3 is 10.2 Å². The Bertz CT molecular complexity index is 755. The SMILES string of the molecule is CC1=C(C(=O)N2CCCCC2)[C@H](c2ccsc2)C2=C(CCCC2=O)N1. The van der Waals surface area contributed by atoms with E-state index in [-0.39, 0.29) is 17.6 Å². The molecular weight excluding hydrogens is 332 g/mol. The van der Waals surface area contributed by atoms with Gasteiger partial charge in [-0.3, -0.25) is 9.59 Å². The molecule has 3 aliphatic rings. The van der Waals surface area contributed by atoms with Crippen LogP contribution in [0.25, 0.3) is 0 Å². The Kier molecular flexibility index (Phi) is 4.50. The van der Waals surface area contributed by atoms with Crippen LogP contribution in [0, 0.1) is 0 Å². The first-order valence-electron chi connectivity index (χ1n) is 9.22. The van der Waals surface area contributed by atoms with E-state index in [0.29, 0.717) is 6.42 Å². The number of hydrogen-bond donors (Lipinski definition) is 1. The van der Waals surface area contributed by atoms with Gasteiger partial charge in [-0.05, 0) is 61.4 Å². The number of dihydropyridines is 1. The molecule has 1 fully saturated rings. The first kappa shape index (κ1) is 16.6. The van der Waals surface area contributed by atoms with Gasteiger partial charge in [-0.1, -0.05) is 0 Å². The number of thiophene rings is 1. The van der Waals surface area contributed by atoms with Gasteiger partial charge in [-0.15, -0.1) is 0 Å². The van der Waals surface area contributed by atoms with E-state index >= 15 is 0 Å². The van der Waals surface area contributed by atoms with Crippen molar-refractivity contribution in [2.45, 2.75) is 51.4 Å². The van der Waals surface area contributed by atoms with Gasteiger partial charge in [-0.2, -0.15) is 11.3 Å². The lowest BCUT2D eigenvalue weighted by Crippen LogP contribution is -2.42. The normalized spacial score (nSPS) is 24.3. The van der Waals surface area contributed by atoms with Crippen LogP contribution in [0.1, 0.15) is 56.9 Å². The fraction of sp³-hybridized carbons (Fsp3) is 0.500. The van der Waals surface area contributed by atoms with Gasteiger partial charge in [0.05, 0.1) is 0 Å². The third kappa shape index (κ3) is 2.95. The number of carbonyl (C=O) groups is 2. The molecule has 0 bridgehead atoms. The van der Waals surface area contributed by atoms with Crippen molar-refractivity contribution in [2.24, 2.45) is 0 Å². The molecule has 1 aromatic rings. The molecule has 5 heteroatoms. The third-order valence-electron chi connectivity index (χ3n) is 5.53. The van der Waals surface area contributed by atoms with Crippen LogP contribution in [-0.2, 0) is 9.59 Å². The highest BCUT2D eigenvalue weighted by molar-refractivity contribution is 7.08. The highest BCUT2D eigenvalue weighted by Gasteiger charge is 2.39. The Balaban J connectivity index is 1.78. The second-order valence-electron chi connectivity index (χ2n) is 7.18. The second-order valence-corrected chi connectivity index (χ2v) is 7.96. The van der Waals surface area contributed by atoms with Crippen molar-refractivity contribution in [1.82, 2.24) is 10.2 Å². The molecule has 2 aliphatic heterocycles. The van der Waals surface area contributed by atoms with E-state index in [1.165, 1.54) is 6.42 Å². The van der Waals surface area contributed by atoms with E-state index in [4.69, 9.17) is 0 Å². The molecule has 1 amide bonds. The minimum absolute atomic E-state index is 0.103. The number of nitrogens with zero attached hydrogens (tertiary/aromatic N) is 1. The standard InChI is InChI=1S/C20H24N2O2S/c1-13-17(20(24)22-9-3-2-4-10-22)18(14-8-11-25-12-14)19-15(21-13)6-5-7-16(19)23/h8,11-12,18,21H,2-7,9-10H2,1H3/t18-/m0/s1. The van der Waals surface area contributed by atoms with Crippen molar-refractivity contribution in [3.8, 4) is 0 Å². The van der Waals surface area contributed by atoms with Crippen molar-refractivity contribution in [1.29, 1.82) is 0 Å². The first-order chi connectivity index (χ1) is 12.2. The minimum atomic E-state index is -0.204. The third-order valence-corrected chi connectivity index (χ3v) is 6.23. The highest BCUT2D eigenvalue weighted by Crippen LogP contribution is 2.43. The van der Waals surface area contributed by atoms with Crippen LogP contribution < -0.4 is 5.32 Å². The Morgan fingerprint density at radius 2 is 2.00 bits per heavy atom. The molecule has 0 aromatic carbocycles. The Morgan fingerprint density at radius 3 is 2.72 bits per heavy atom. The average Bonchev–Trinajstić information content (AvgIpc) is 3.15. The lowest BCUT2D eigenvalue weighted by molar-refractivity contribution is -0.128. The fourth-order valence-electron chi connectivity index (χ4n) is 4.31. The molecule has 3 heterocycles. The van der Waals surface area contributed by atoms with E-state index in [2.05, 4.69) is 16.8 Å². The topological polar surface area (TPSA) is 49.4 Å². The summed E-state index contributed by atoms with van der Waals surface area (Å²) in [5.41, 5.74) is 4.62. The van der Waals surface area contributed by atoms with Crippen LogP contribution in [-0.4, -0.2) is 29.7 Å². The molecule has 4 nitrogen and oxygen atoms in total. The molecule has 1 atom stereocenters. The van der Waals surface area contributed by atoms with Gasteiger partial charge in [0.1, 0.15) is 0 Å². The summed E-state index contributed by atoms with van der Waals surface area (Å²) in [4.78, 5) is 28.1. The number of ketones is 1. The number of likely N-dealkylation sites (tertiary alicyclic amines) is 1. The monoisotopic (exact) mass is 356 g/mol. The lowest BCUT2D eigenvalue weighted by atomic mass is 9.75. The van der Waals surface area contributed by atoms with Gasteiger partial charge >= 0.3 is 0 Å². The Labute approximate surface area is 152 Å². The van der Waals surface area contributed by atoms with Gasteiger partial charge in [0.25, 0.3) is 5.91 Å². The van der Waals surface area contributed by atoms with E-state index in [1.807, 2.05) is 17.2 Å². The van der Waals surface area contributed by atoms with Crippen LogP contribution >= 0.6 is 11.3 Å². The molecule has 0 radical (unpaired) electrons. The minimum Gasteiger partial charge on any atom is -0.362 e. The summed E-state index contributed by atoms with van der Waals surface area (Å²) >= 11 is 1.62. The van der Waals surface area contributed by atoms with E-state index < -0.39 is 0 Å². The number of allylic oxidation sites excluding steroid dienone is 3. The van der Waals surface area contributed by atoms with Gasteiger partial charge in [0, 0.05) is 48.0 Å². The molecule has 0 saturated carbocycles. The summed E-state index contributed by atoms with van der Waals surface area (Å²) in [7, 11) is 0. The predicted octanol–water partition coefficient (Wildman–Crippen LogP) is 3.73. The molecule has 4 rings (SSSR count). The zero-order valence-corrected chi connectivity index (χ0v) is 15.5. The average molecular weight is 356 g/mol. The molecule has 1 aliphatic carbocycles. The number of Topliss-reactive ketones (excluding diaryl/α,β-unsaturated/α-hetero) is 1. The van der Waals surface area contributed by atoms with Gasteiger partial charge in [0.2, 0.25) is 0 Å². The molecule has 1 aromatic heterocycles. The van der Waals surface area contributed by atoms with E-state index in [1.54, 1.807) is 11.3 Å². The Morgan fingerprint density at radius 1 is 1.20 bits per heavy atom. The molecule has 25 heavy (non-hydrogen) atoms. The molecule has 1 N–H and O–H groups in total. The molecule has 132 valence electrons. The largest absolute Gasteiger partial charge is 0.362 e. The number of nitrogens with one attached hydrogen (secondary N) is 1. The highest BCUT2D eigenvalue weighted by atomic mass is 32.1. The maximum atomic E-state index is 13.3. The van der Waals surface area contributed by atoms with Crippen molar-refractivity contribution in [3.05, 3.63) is 44.9 Å². The van der Waals surface area contributed by atoms with Gasteiger partial charge in [0.15, 0.2) is 5.78 Å². The van der Waals surface area contributed by atoms with Crippen molar-refractivity contribution >= 4 is 23.0 Å². The van der Waals surface area contributed by atoms with Crippen molar-refractivity contribution < 1.29 is 9.59 Å². The summed E-state index contributed by atoms with van der Waals surface area (Å²) in [5, 5.41) is 7.52. The number of amides is 1. The molecule has 1 saturated heterocycles. The zero-order valence-electron chi connectivity index (χ0n) is 14.6. The number of carbonyl (C=O) groups excluding carboxylic acids is 2. The first-order valence-corrected chi connectivity index (χ1v) is 10.2. The van der Waals surface area contributed by atoms with Crippen LogP contribution in [0.4, 0.5) is 0 Å². The van der Waals surface area contributed by atoms with Crippen LogP contribution in [0.15, 0.2) is 39.4 Å². The van der Waals surface area contributed by atoms with Crippen LogP contribution in [0.2, 0.25) is 0 Å². The summed E-state index contributed by atoms with van der Waals surface area (Å²) < 4.78 is 0. The fourth-order valence-corrected chi connectivity index (χ4v) is 4.99. The zero-order chi connectivity index (χ0) is 17.4. The van der Waals surface area contributed by atoms with Crippen LogP contribution in [0.3, 0.4) is 0 Å². The van der Waals surface area contributed by atoms with E-state index in [9.17, 15) is 9.59 Å². The quantitative estimate of drug-likeness (QED) is 0.878. The number of hydrogen-bond acceptors (Lipinski definition) is 4. The predicted molar refractivity (Wildman–Crippen MR) is 99.2 cm³/mol.